The Bertz CT molecular complexity index is 1070. The summed E-state index contributed by atoms with van der Waals surface area (Å²) in [6.07, 6.45) is 5.74. The summed E-state index contributed by atoms with van der Waals surface area (Å²) >= 11 is 0. The van der Waals surface area contributed by atoms with Crippen molar-refractivity contribution in [2.24, 2.45) is 15.9 Å². The maximum absolute atomic E-state index is 6.07. The zero-order chi connectivity index (χ0) is 23.5. The molecule has 0 spiro atoms. The van der Waals surface area contributed by atoms with Crippen molar-refractivity contribution in [2.75, 3.05) is 13.2 Å². The second-order valence-electron chi connectivity index (χ2n) is 7.78. The van der Waals surface area contributed by atoms with Crippen LogP contribution in [0, 0.1) is 6.92 Å². The summed E-state index contributed by atoms with van der Waals surface area (Å²) in [5, 5.41) is 12.2. The van der Waals surface area contributed by atoms with Crippen molar-refractivity contribution >= 4 is 12.1 Å². The quantitative estimate of drug-likeness (QED) is 0.165. The molecular weight excluding hydrogens is 416 g/mol. The molecule has 174 valence electrons. The number of amidine groups is 1. The Morgan fingerprint density at radius 1 is 1.00 bits per heavy atom. The molecule has 3 aromatic rings. The van der Waals surface area contributed by atoms with Crippen LogP contribution in [0.3, 0.4) is 0 Å². The maximum Gasteiger partial charge on any atom is 0.175 e. The van der Waals surface area contributed by atoms with Gasteiger partial charge in [-0.25, -0.2) is 0 Å². The smallest absolute Gasteiger partial charge is 0.175 e. The van der Waals surface area contributed by atoms with Crippen molar-refractivity contribution in [2.45, 2.75) is 46.5 Å². The molecule has 0 aliphatic rings. The molecule has 3 rings (SSSR count). The van der Waals surface area contributed by atoms with Gasteiger partial charge in [-0.2, -0.15) is 5.10 Å². The van der Waals surface area contributed by atoms with Crippen molar-refractivity contribution in [1.82, 2.24) is 5.16 Å². The zero-order valence-electron chi connectivity index (χ0n) is 19.6. The topological polar surface area (TPSA) is 95.2 Å². The van der Waals surface area contributed by atoms with Crippen LogP contribution in [-0.2, 0) is 0 Å². The highest BCUT2D eigenvalue weighted by Crippen LogP contribution is 2.25. The maximum atomic E-state index is 6.07. The minimum atomic E-state index is 0.168. The van der Waals surface area contributed by atoms with Gasteiger partial charge in [0.05, 0.1) is 19.4 Å². The standard InChI is InChI=1S/C26H32N4O3/c1-4-6-14-31-22-13-12-21(24(16-22)32-15-7-5-2)18-28-29-26(27)23-17-25(33-30-23)20-10-8-19(3)9-11-20/h8-13,16-18H,4-7,14-15H2,1-3H3,(H2,27,29). The van der Waals surface area contributed by atoms with E-state index in [0.717, 1.165) is 42.6 Å². The number of aromatic nitrogens is 1. The van der Waals surface area contributed by atoms with Crippen LogP contribution < -0.4 is 15.2 Å². The fourth-order valence-electron chi connectivity index (χ4n) is 2.95. The van der Waals surface area contributed by atoms with Gasteiger partial charge in [-0.05, 0) is 31.9 Å². The van der Waals surface area contributed by atoms with Crippen LogP contribution in [-0.4, -0.2) is 30.4 Å². The number of aryl methyl sites for hydroxylation is 1. The third-order valence-electron chi connectivity index (χ3n) is 4.98. The molecule has 1 aromatic heterocycles. The normalized spacial score (nSPS) is 11.8. The van der Waals surface area contributed by atoms with E-state index in [1.807, 2.05) is 49.4 Å². The highest BCUT2D eigenvalue weighted by Gasteiger charge is 2.10. The lowest BCUT2D eigenvalue weighted by Gasteiger charge is -2.11. The van der Waals surface area contributed by atoms with Gasteiger partial charge >= 0.3 is 0 Å². The third kappa shape index (κ3) is 7.20. The van der Waals surface area contributed by atoms with Crippen molar-refractivity contribution in [3.05, 3.63) is 65.4 Å². The van der Waals surface area contributed by atoms with Crippen molar-refractivity contribution in [3.63, 3.8) is 0 Å². The number of benzene rings is 2. The molecule has 0 amide bonds. The summed E-state index contributed by atoms with van der Waals surface area (Å²) in [5.41, 5.74) is 9.39. The van der Waals surface area contributed by atoms with Crippen LogP contribution in [0.2, 0.25) is 0 Å². The molecule has 0 aliphatic heterocycles. The number of nitrogens with two attached hydrogens (primary N) is 1. The SMILES string of the molecule is CCCCOc1ccc(C=NN=C(N)c2cc(-c3ccc(C)cc3)on2)c(OCCCC)c1. The molecule has 0 bridgehead atoms. The van der Waals surface area contributed by atoms with Crippen LogP contribution in [0.4, 0.5) is 0 Å². The molecule has 0 saturated carbocycles. The molecule has 2 N–H and O–H groups in total. The molecule has 0 radical (unpaired) electrons. The molecule has 0 unspecified atom stereocenters. The molecule has 0 atom stereocenters. The van der Waals surface area contributed by atoms with Crippen molar-refractivity contribution < 1.29 is 14.0 Å². The molecular formula is C26H32N4O3. The first-order chi connectivity index (χ1) is 16.1. The van der Waals surface area contributed by atoms with E-state index in [1.54, 1.807) is 12.3 Å². The monoisotopic (exact) mass is 448 g/mol. The van der Waals surface area contributed by atoms with Crippen LogP contribution in [0.25, 0.3) is 11.3 Å². The van der Waals surface area contributed by atoms with Crippen LogP contribution >= 0.6 is 0 Å². The molecule has 33 heavy (non-hydrogen) atoms. The van der Waals surface area contributed by atoms with Gasteiger partial charge < -0.3 is 19.7 Å². The number of nitrogens with zero attached hydrogens (tertiary/aromatic N) is 3. The van der Waals surface area contributed by atoms with Crippen LogP contribution in [0.5, 0.6) is 11.5 Å². The summed E-state index contributed by atoms with van der Waals surface area (Å²) in [4.78, 5) is 0. The lowest BCUT2D eigenvalue weighted by atomic mass is 10.1. The Kier molecular flexibility index (Phi) is 9.06. The molecule has 7 nitrogen and oxygen atoms in total. The average molecular weight is 449 g/mol. The third-order valence-corrected chi connectivity index (χ3v) is 4.98. The van der Waals surface area contributed by atoms with Crippen LogP contribution in [0.15, 0.2) is 63.3 Å². The first-order valence-electron chi connectivity index (χ1n) is 11.4. The van der Waals surface area contributed by atoms with E-state index in [1.165, 1.54) is 5.56 Å². The summed E-state index contributed by atoms with van der Waals surface area (Å²) in [6, 6.07) is 15.4. The van der Waals surface area contributed by atoms with E-state index >= 15 is 0 Å². The van der Waals surface area contributed by atoms with Gasteiger partial charge in [-0.15, -0.1) is 5.10 Å². The van der Waals surface area contributed by atoms with E-state index in [2.05, 4.69) is 29.2 Å². The average Bonchev–Trinajstić information content (AvgIpc) is 3.31. The number of unbranched alkanes of at least 4 members (excludes halogenated alkanes) is 2. The van der Waals surface area contributed by atoms with Gasteiger partial charge in [0, 0.05) is 23.3 Å². The van der Waals surface area contributed by atoms with Crippen LogP contribution in [0.1, 0.15) is 56.4 Å². The summed E-state index contributed by atoms with van der Waals surface area (Å²) in [5.74, 6) is 2.28. The van der Waals surface area contributed by atoms with Gasteiger partial charge in [0.15, 0.2) is 17.3 Å². The summed E-state index contributed by atoms with van der Waals surface area (Å²) in [7, 11) is 0. The minimum absolute atomic E-state index is 0.168. The Hall–Kier alpha value is -3.61. The molecule has 2 aromatic carbocycles. The Labute approximate surface area is 195 Å². The first kappa shape index (κ1) is 24.0. The largest absolute Gasteiger partial charge is 0.493 e. The van der Waals surface area contributed by atoms with Gasteiger partial charge in [-0.3, -0.25) is 0 Å². The molecule has 1 heterocycles. The molecule has 0 saturated heterocycles. The zero-order valence-corrected chi connectivity index (χ0v) is 19.6. The van der Waals surface area contributed by atoms with E-state index in [-0.39, 0.29) is 5.84 Å². The lowest BCUT2D eigenvalue weighted by Crippen LogP contribution is -2.12. The summed E-state index contributed by atoms with van der Waals surface area (Å²) < 4.78 is 17.2. The second-order valence-corrected chi connectivity index (χ2v) is 7.78. The van der Waals surface area contributed by atoms with Gasteiger partial charge in [-0.1, -0.05) is 61.7 Å². The number of hydrogen-bond acceptors (Lipinski definition) is 6. The van der Waals surface area contributed by atoms with E-state index < -0.39 is 0 Å². The fraction of sp³-hybridized carbons (Fsp3) is 0.346. The molecule has 0 fully saturated rings. The highest BCUT2D eigenvalue weighted by atomic mass is 16.5. The van der Waals surface area contributed by atoms with Gasteiger partial charge in [0.1, 0.15) is 11.5 Å². The minimum Gasteiger partial charge on any atom is -0.493 e. The highest BCUT2D eigenvalue weighted by molar-refractivity contribution is 5.96. The Morgan fingerprint density at radius 2 is 1.73 bits per heavy atom. The number of rotatable bonds is 12. The van der Waals surface area contributed by atoms with Gasteiger partial charge in [0.2, 0.25) is 0 Å². The first-order valence-corrected chi connectivity index (χ1v) is 11.4. The Morgan fingerprint density at radius 3 is 2.45 bits per heavy atom. The van der Waals surface area contributed by atoms with E-state index in [0.29, 0.717) is 30.4 Å². The molecule has 0 aliphatic carbocycles. The Balaban J connectivity index is 1.72. The van der Waals surface area contributed by atoms with Crippen molar-refractivity contribution in [1.29, 1.82) is 0 Å². The predicted octanol–water partition coefficient (Wildman–Crippen LogP) is 5.75. The second kappa shape index (κ2) is 12.4. The lowest BCUT2D eigenvalue weighted by molar-refractivity contribution is 0.294. The number of hydrogen-bond donors (Lipinski definition) is 1. The van der Waals surface area contributed by atoms with E-state index in [4.69, 9.17) is 19.7 Å². The molecule has 7 heteroatoms. The summed E-state index contributed by atoms with van der Waals surface area (Å²) in [6.45, 7) is 7.60. The van der Waals surface area contributed by atoms with Crippen molar-refractivity contribution in [3.8, 4) is 22.8 Å². The predicted molar refractivity (Wildman–Crippen MR) is 132 cm³/mol. The van der Waals surface area contributed by atoms with Gasteiger partial charge in [0.25, 0.3) is 0 Å². The van der Waals surface area contributed by atoms with E-state index in [9.17, 15) is 0 Å². The fourth-order valence-corrected chi connectivity index (χ4v) is 2.95. The number of ether oxygens (including phenoxy) is 2.